The van der Waals surface area contributed by atoms with E-state index in [4.69, 9.17) is 14.2 Å². The Morgan fingerprint density at radius 2 is 1.83 bits per heavy atom. The van der Waals surface area contributed by atoms with E-state index in [1.165, 1.54) is 6.07 Å². The Kier molecular flexibility index (Phi) is 7.78. The molecule has 8 nitrogen and oxygen atoms in total. The number of aliphatic hydroxyl groups is 4. The summed E-state index contributed by atoms with van der Waals surface area (Å²) in [4.78, 5) is 0. The normalized spacial score (nSPS) is 43.1. The first-order valence-corrected chi connectivity index (χ1v) is 12.5. The lowest BCUT2D eigenvalue weighted by molar-refractivity contribution is -0.485. The maximum Gasteiger partial charge on any atom is 0.416 e. The fourth-order valence-electron chi connectivity index (χ4n) is 6.02. The fraction of sp³-hybridized carbons (Fsp3) is 0.760. The first-order chi connectivity index (χ1) is 16.8. The van der Waals surface area contributed by atoms with Gasteiger partial charge in [0.1, 0.15) is 17.8 Å². The van der Waals surface area contributed by atoms with Crippen LogP contribution in [0.15, 0.2) is 24.3 Å². The molecule has 11 heteroatoms. The van der Waals surface area contributed by atoms with E-state index in [1.807, 2.05) is 6.92 Å². The summed E-state index contributed by atoms with van der Waals surface area (Å²) in [6.07, 6.45) is -9.38. The van der Waals surface area contributed by atoms with E-state index in [9.17, 15) is 33.6 Å². The summed E-state index contributed by atoms with van der Waals surface area (Å²) < 4.78 is 57.1. The molecule has 10 atom stereocenters. The van der Waals surface area contributed by atoms with Crippen molar-refractivity contribution >= 4 is 0 Å². The van der Waals surface area contributed by atoms with Gasteiger partial charge >= 0.3 is 6.18 Å². The maximum atomic E-state index is 13.1. The number of hydrogen-bond donors (Lipinski definition) is 5. The molecule has 2 heterocycles. The molecular formula is C25H36F3NO7. The van der Waals surface area contributed by atoms with E-state index in [1.54, 1.807) is 20.0 Å². The van der Waals surface area contributed by atoms with E-state index in [0.29, 0.717) is 12.0 Å². The summed E-state index contributed by atoms with van der Waals surface area (Å²) in [7, 11) is 1.62. The minimum Gasteiger partial charge on any atom is -0.391 e. The number of alkyl halides is 3. The smallest absolute Gasteiger partial charge is 0.391 e. The standard InChI is InChI=1S/C25H36F3NO7/c1-4-16-18(30)17(29-3)20-21(19(16)31)35-22-24(33,36-20)23(32,12-13(2)34-22)10-6-8-14-7-5-9-15(11-14)25(26,27)28/h5,7,9,11,13,16-22,29-33H,4,6,8,10,12H2,1-3H3/t13-,16-,17+,18+,19+,20?,21?,22?,23+,24-/m1/s1. The Bertz CT molecular complexity index is 920. The van der Waals surface area contributed by atoms with Gasteiger partial charge in [-0.1, -0.05) is 25.1 Å². The van der Waals surface area contributed by atoms with Crippen molar-refractivity contribution in [2.24, 2.45) is 5.92 Å². The number of aliphatic hydroxyl groups excluding tert-OH is 2. The average molecular weight is 520 g/mol. The molecular weight excluding hydrogens is 483 g/mol. The van der Waals surface area contributed by atoms with Gasteiger partial charge in [-0.25, -0.2) is 0 Å². The second kappa shape index (κ2) is 10.1. The lowest BCUT2D eigenvalue weighted by Crippen LogP contribution is -2.78. The summed E-state index contributed by atoms with van der Waals surface area (Å²) in [5.41, 5.74) is -2.14. The lowest BCUT2D eigenvalue weighted by Gasteiger charge is -2.60. The molecule has 3 unspecified atom stereocenters. The van der Waals surface area contributed by atoms with Crippen LogP contribution in [0.5, 0.6) is 0 Å². The predicted octanol–water partition coefficient (Wildman–Crippen LogP) is 1.72. The molecule has 0 amide bonds. The molecule has 1 aromatic rings. The van der Waals surface area contributed by atoms with Gasteiger partial charge in [-0.05, 0) is 51.3 Å². The molecule has 3 aliphatic rings. The van der Waals surface area contributed by atoms with Crippen LogP contribution in [0.25, 0.3) is 0 Å². The third kappa shape index (κ3) is 4.80. The van der Waals surface area contributed by atoms with Crippen molar-refractivity contribution in [2.75, 3.05) is 7.05 Å². The van der Waals surface area contributed by atoms with Gasteiger partial charge < -0.3 is 40.0 Å². The van der Waals surface area contributed by atoms with Gasteiger partial charge in [-0.3, -0.25) is 0 Å². The van der Waals surface area contributed by atoms with E-state index >= 15 is 0 Å². The molecule has 1 aliphatic carbocycles. The highest BCUT2D eigenvalue weighted by molar-refractivity contribution is 5.25. The monoisotopic (exact) mass is 519 g/mol. The Labute approximate surface area is 208 Å². The highest BCUT2D eigenvalue weighted by atomic mass is 19.4. The highest BCUT2D eigenvalue weighted by Crippen LogP contribution is 2.49. The topological polar surface area (TPSA) is 121 Å². The fourth-order valence-corrected chi connectivity index (χ4v) is 6.02. The predicted molar refractivity (Wildman–Crippen MR) is 122 cm³/mol. The summed E-state index contributed by atoms with van der Waals surface area (Å²) in [6, 6.07) is 4.31. The third-order valence-corrected chi connectivity index (χ3v) is 7.94. The second-order valence-electron chi connectivity index (χ2n) is 10.3. The van der Waals surface area contributed by atoms with Crippen molar-refractivity contribution < 1.29 is 47.8 Å². The average Bonchev–Trinajstić information content (AvgIpc) is 2.80. The molecule has 204 valence electrons. The minimum absolute atomic E-state index is 0.00238. The highest BCUT2D eigenvalue weighted by Gasteiger charge is 2.68. The Hall–Kier alpha value is -1.31. The molecule has 36 heavy (non-hydrogen) atoms. The molecule has 1 aromatic carbocycles. The van der Waals surface area contributed by atoms with Gasteiger partial charge in [0.25, 0.3) is 0 Å². The Morgan fingerprint density at radius 1 is 1.11 bits per heavy atom. The van der Waals surface area contributed by atoms with Crippen molar-refractivity contribution in [3.63, 3.8) is 0 Å². The van der Waals surface area contributed by atoms with Crippen LogP contribution in [0.3, 0.4) is 0 Å². The summed E-state index contributed by atoms with van der Waals surface area (Å²) >= 11 is 0. The van der Waals surface area contributed by atoms with E-state index < -0.39 is 71.9 Å². The SMILES string of the molecule is CC[C@@H]1[C@H](O)[C@H](NC)C2O[C@]3(O)C(OC2[C@H]1O)O[C@H](C)C[C@@]3(O)CCCc1cccc(C(F)(F)F)c1. The largest absolute Gasteiger partial charge is 0.416 e. The number of halogens is 3. The number of likely N-dealkylation sites (N-methyl/N-ethyl adjacent to an activating group) is 1. The van der Waals surface area contributed by atoms with E-state index in [2.05, 4.69) is 5.32 Å². The molecule has 2 aliphatic heterocycles. The van der Waals surface area contributed by atoms with Crippen LogP contribution in [-0.4, -0.2) is 81.7 Å². The van der Waals surface area contributed by atoms with E-state index in [-0.39, 0.29) is 25.7 Å². The zero-order chi connectivity index (χ0) is 26.5. The van der Waals surface area contributed by atoms with Gasteiger partial charge in [0, 0.05) is 12.3 Å². The number of rotatable bonds is 6. The van der Waals surface area contributed by atoms with Crippen LogP contribution in [0.1, 0.15) is 50.7 Å². The molecule has 0 spiro atoms. The molecule has 0 radical (unpaired) electrons. The molecule has 3 fully saturated rings. The summed E-state index contributed by atoms with van der Waals surface area (Å²) in [6.45, 7) is 3.55. The molecule has 2 saturated heterocycles. The lowest BCUT2D eigenvalue weighted by atomic mass is 9.73. The Balaban J connectivity index is 1.54. The Morgan fingerprint density at radius 3 is 2.47 bits per heavy atom. The number of fused-ring (bicyclic) bond motifs is 2. The number of benzene rings is 1. The van der Waals surface area contributed by atoms with Crippen LogP contribution in [-0.2, 0) is 26.8 Å². The van der Waals surface area contributed by atoms with Crippen LogP contribution in [0, 0.1) is 5.92 Å². The van der Waals surface area contributed by atoms with Gasteiger partial charge in [0.05, 0.1) is 29.9 Å². The molecule has 0 aromatic heterocycles. The van der Waals surface area contributed by atoms with Gasteiger partial charge in [0.15, 0.2) is 0 Å². The van der Waals surface area contributed by atoms with Crippen molar-refractivity contribution in [1.29, 1.82) is 0 Å². The van der Waals surface area contributed by atoms with Crippen LogP contribution in [0.2, 0.25) is 0 Å². The number of hydrogen-bond acceptors (Lipinski definition) is 8. The van der Waals surface area contributed by atoms with Crippen LogP contribution in [0.4, 0.5) is 13.2 Å². The molecule has 5 N–H and O–H groups in total. The first-order valence-electron chi connectivity index (χ1n) is 12.5. The number of aryl methyl sites for hydroxylation is 1. The van der Waals surface area contributed by atoms with E-state index in [0.717, 1.165) is 12.1 Å². The first kappa shape index (κ1) is 27.7. The maximum absolute atomic E-state index is 13.1. The van der Waals surface area contributed by atoms with Gasteiger partial charge in [-0.2, -0.15) is 13.2 Å². The molecule has 0 bridgehead atoms. The van der Waals surface area contributed by atoms with Crippen LogP contribution >= 0.6 is 0 Å². The van der Waals surface area contributed by atoms with Crippen molar-refractivity contribution in [3.8, 4) is 0 Å². The second-order valence-corrected chi connectivity index (χ2v) is 10.3. The van der Waals surface area contributed by atoms with Crippen molar-refractivity contribution in [1.82, 2.24) is 5.32 Å². The number of nitrogens with one attached hydrogen (secondary N) is 1. The zero-order valence-corrected chi connectivity index (χ0v) is 20.6. The van der Waals surface area contributed by atoms with Crippen LogP contribution < -0.4 is 5.32 Å². The zero-order valence-electron chi connectivity index (χ0n) is 20.6. The summed E-state index contributed by atoms with van der Waals surface area (Å²) in [5, 5.41) is 48.0. The third-order valence-electron chi connectivity index (χ3n) is 7.94. The quantitative estimate of drug-likeness (QED) is 0.386. The molecule has 4 rings (SSSR count). The van der Waals surface area contributed by atoms with Crippen molar-refractivity contribution in [2.45, 2.75) is 106 Å². The number of ether oxygens (including phenoxy) is 3. The summed E-state index contributed by atoms with van der Waals surface area (Å²) in [5.74, 6) is -2.81. The van der Waals surface area contributed by atoms with Crippen molar-refractivity contribution in [3.05, 3.63) is 35.4 Å². The van der Waals surface area contributed by atoms with Gasteiger partial charge in [0.2, 0.25) is 12.1 Å². The molecule has 1 saturated carbocycles. The van der Waals surface area contributed by atoms with Gasteiger partial charge in [-0.15, -0.1) is 0 Å². The minimum atomic E-state index is -4.45.